The lowest BCUT2D eigenvalue weighted by molar-refractivity contribution is 0.411. The van der Waals surface area contributed by atoms with Crippen molar-refractivity contribution in [3.05, 3.63) is 47.5 Å². The molecule has 0 spiro atoms. The highest BCUT2D eigenvalue weighted by molar-refractivity contribution is 7.85. The summed E-state index contributed by atoms with van der Waals surface area (Å²) in [5.41, 5.74) is 2.87. The van der Waals surface area contributed by atoms with Crippen LogP contribution in [0.5, 0.6) is 5.75 Å². The zero-order valence-corrected chi connectivity index (χ0v) is 13.3. The lowest BCUT2D eigenvalue weighted by atomic mass is 10.1. The predicted octanol–water partition coefficient (Wildman–Crippen LogP) is 3.97. The molecule has 6 nitrogen and oxygen atoms in total. The number of benzene rings is 2. The molecule has 0 aliphatic carbocycles. The van der Waals surface area contributed by atoms with Gasteiger partial charge in [-0.15, -0.1) is 0 Å². The standard InChI is InChI=1S/C15H16N2O4S/c1-10-7-11(2)15(21-3)9-14(10)17-16-12-5-4-6-13(8-12)22(18,19)20/h4-9H,1-3H3,(H,18,19,20). The quantitative estimate of drug-likeness (QED) is 0.682. The van der Waals surface area contributed by atoms with Crippen LogP contribution in [0.3, 0.4) is 0 Å². The molecule has 0 saturated carbocycles. The first-order valence-corrected chi connectivity index (χ1v) is 7.90. The van der Waals surface area contributed by atoms with Gasteiger partial charge in [0.2, 0.25) is 0 Å². The Hall–Kier alpha value is -2.25. The number of rotatable bonds is 4. The van der Waals surface area contributed by atoms with Gasteiger partial charge in [-0.1, -0.05) is 12.1 Å². The van der Waals surface area contributed by atoms with E-state index in [1.165, 1.54) is 18.2 Å². The minimum Gasteiger partial charge on any atom is -0.496 e. The Kier molecular flexibility index (Phi) is 4.58. The van der Waals surface area contributed by atoms with E-state index in [1.807, 2.05) is 19.9 Å². The van der Waals surface area contributed by atoms with Gasteiger partial charge in [0, 0.05) is 6.07 Å². The van der Waals surface area contributed by atoms with Gasteiger partial charge in [0.1, 0.15) is 5.75 Å². The average Bonchev–Trinajstić information content (AvgIpc) is 2.46. The summed E-state index contributed by atoms with van der Waals surface area (Å²) in [6, 6.07) is 9.32. The number of ether oxygens (including phenoxy) is 1. The van der Waals surface area contributed by atoms with E-state index < -0.39 is 10.1 Å². The van der Waals surface area contributed by atoms with Crippen molar-refractivity contribution in [2.75, 3.05) is 7.11 Å². The first-order chi connectivity index (χ1) is 10.3. The fraction of sp³-hybridized carbons (Fsp3) is 0.200. The Morgan fingerprint density at radius 2 is 1.77 bits per heavy atom. The van der Waals surface area contributed by atoms with Gasteiger partial charge in [0.15, 0.2) is 0 Å². The van der Waals surface area contributed by atoms with Crippen molar-refractivity contribution >= 4 is 21.5 Å². The lowest BCUT2D eigenvalue weighted by Crippen LogP contribution is -1.96. The molecular formula is C15H16N2O4S. The van der Waals surface area contributed by atoms with Crippen molar-refractivity contribution < 1.29 is 17.7 Å². The molecule has 0 aromatic heterocycles. The van der Waals surface area contributed by atoms with E-state index in [0.717, 1.165) is 11.1 Å². The molecule has 1 N–H and O–H groups in total. The first-order valence-electron chi connectivity index (χ1n) is 6.46. The maximum Gasteiger partial charge on any atom is 0.294 e. The summed E-state index contributed by atoms with van der Waals surface area (Å²) in [6.07, 6.45) is 0. The van der Waals surface area contributed by atoms with E-state index in [1.54, 1.807) is 19.2 Å². The van der Waals surface area contributed by atoms with E-state index in [9.17, 15) is 8.42 Å². The molecule has 2 aromatic carbocycles. The number of aryl methyl sites for hydroxylation is 2. The second-order valence-electron chi connectivity index (χ2n) is 4.78. The number of hydrogen-bond acceptors (Lipinski definition) is 5. The molecule has 0 radical (unpaired) electrons. The zero-order chi connectivity index (χ0) is 16.3. The van der Waals surface area contributed by atoms with Crippen LogP contribution < -0.4 is 4.74 Å². The molecule has 116 valence electrons. The van der Waals surface area contributed by atoms with Crippen LogP contribution in [0.2, 0.25) is 0 Å². The molecule has 0 heterocycles. The monoisotopic (exact) mass is 320 g/mol. The minimum absolute atomic E-state index is 0.220. The van der Waals surface area contributed by atoms with Crippen LogP contribution in [-0.4, -0.2) is 20.1 Å². The van der Waals surface area contributed by atoms with Crippen molar-refractivity contribution in [2.45, 2.75) is 18.7 Å². The molecule has 2 aromatic rings. The highest BCUT2D eigenvalue weighted by Crippen LogP contribution is 2.30. The molecule has 0 fully saturated rings. The van der Waals surface area contributed by atoms with Crippen LogP contribution in [-0.2, 0) is 10.1 Å². The SMILES string of the molecule is COc1cc(N=Nc2cccc(S(=O)(=O)O)c2)c(C)cc1C. The fourth-order valence-electron chi connectivity index (χ4n) is 1.97. The number of nitrogens with zero attached hydrogens (tertiary/aromatic N) is 2. The van der Waals surface area contributed by atoms with Gasteiger partial charge in [-0.3, -0.25) is 4.55 Å². The highest BCUT2D eigenvalue weighted by atomic mass is 32.2. The molecular weight excluding hydrogens is 304 g/mol. The molecule has 22 heavy (non-hydrogen) atoms. The third kappa shape index (κ3) is 3.69. The molecule has 0 atom stereocenters. The van der Waals surface area contributed by atoms with Crippen molar-refractivity contribution in [1.82, 2.24) is 0 Å². The van der Waals surface area contributed by atoms with Gasteiger partial charge in [0.25, 0.3) is 10.1 Å². The molecule has 0 aliphatic heterocycles. The zero-order valence-electron chi connectivity index (χ0n) is 12.4. The van der Waals surface area contributed by atoms with E-state index in [0.29, 0.717) is 17.1 Å². The molecule has 0 bridgehead atoms. The van der Waals surface area contributed by atoms with Gasteiger partial charge in [-0.05, 0) is 43.2 Å². The van der Waals surface area contributed by atoms with Crippen LogP contribution >= 0.6 is 0 Å². The average molecular weight is 320 g/mol. The minimum atomic E-state index is -4.25. The van der Waals surface area contributed by atoms with Gasteiger partial charge in [-0.25, -0.2) is 0 Å². The van der Waals surface area contributed by atoms with Gasteiger partial charge in [-0.2, -0.15) is 18.6 Å². The van der Waals surface area contributed by atoms with E-state index in [4.69, 9.17) is 9.29 Å². The Morgan fingerprint density at radius 3 is 2.41 bits per heavy atom. The maximum absolute atomic E-state index is 11.1. The van der Waals surface area contributed by atoms with Crippen molar-refractivity contribution in [3.8, 4) is 5.75 Å². The number of azo groups is 1. The summed E-state index contributed by atoms with van der Waals surface area (Å²) in [6.45, 7) is 3.83. The topological polar surface area (TPSA) is 88.3 Å². The third-order valence-corrected chi connectivity index (χ3v) is 3.95. The summed E-state index contributed by atoms with van der Waals surface area (Å²) in [5.74, 6) is 0.700. The van der Waals surface area contributed by atoms with Crippen LogP contribution in [0.25, 0.3) is 0 Å². The van der Waals surface area contributed by atoms with Gasteiger partial charge in [0.05, 0.1) is 23.4 Å². The van der Waals surface area contributed by atoms with Crippen molar-refractivity contribution in [3.63, 3.8) is 0 Å². The first kappa shape index (κ1) is 16.1. The largest absolute Gasteiger partial charge is 0.496 e. The molecule has 7 heteroatoms. The Labute approximate surface area is 129 Å². The van der Waals surface area contributed by atoms with E-state index in [2.05, 4.69) is 10.2 Å². The second kappa shape index (κ2) is 6.25. The summed E-state index contributed by atoms with van der Waals surface area (Å²) in [4.78, 5) is -0.220. The van der Waals surface area contributed by atoms with Gasteiger partial charge >= 0.3 is 0 Å². The molecule has 0 saturated heterocycles. The van der Waals surface area contributed by atoms with Crippen molar-refractivity contribution in [2.24, 2.45) is 10.2 Å². The Bertz CT molecular complexity index is 829. The molecule has 2 rings (SSSR count). The van der Waals surface area contributed by atoms with Crippen LogP contribution in [0.1, 0.15) is 11.1 Å². The number of hydrogen-bond donors (Lipinski definition) is 1. The van der Waals surface area contributed by atoms with Crippen molar-refractivity contribution in [1.29, 1.82) is 0 Å². The van der Waals surface area contributed by atoms with Crippen LogP contribution in [0.4, 0.5) is 11.4 Å². The number of methoxy groups -OCH3 is 1. The summed E-state index contributed by atoms with van der Waals surface area (Å²) in [7, 11) is -2.68. The molecule has 0 aliphatic rings. The van der Waals surface area contributed by atoms with Gasteiger partial charge < -0.3 is 4.74 Å². The molecule has 0 unspecified atom stereocenters. The summed E-state index contributed by atoms with van der Waals surface area (Å²) in [5, 5.41) is 8.13. The highest BCUT2D eigenvalue weighted by Gasteiger charge is 2.09. The van der Waals surface area contributed by atoms with E-state index >= 15 is 0 Å². The maximum atomic E-state index is 11.1. The fourth-order valence-corrected chi connectivity index (χ4v) is 2.49. The Balaban J connectivity index is 2.37. The van der Waals surface area contributed by atoms with E-state index in [-0.39, 0.29) is 4.90 Å². The summed E-state index contributed by atoms with van der Waals surface area (Å²) >= 11 is 0. The second-order valence-corrected chi connectivity index (χ2v) is 6.20. The Morgan fingerprint density at radius 1 is 1.05 bits per heavy atom. The van der Waals surface area contributed by atoms with Crippen LogP contribution in [0, 0.1) is 13.8 Å². The lowest BCUT2D eigenvalue weighted by Gasteiger charge is -2.07. The van der Waals surface area contributed by atoms with Crippen LogP contribution in [0.15, 0.2) is 51.5 Å². The normalized spacial score (nSPS) is 11.8. The summed E-state index contributed by atoms with van der Waals surface area (Å²) < 4.78 is 36.5. The third-order valence-electron chi connectivity index (χ3n) is 3.10. The molecule has 0 amide bonds. The smallest absolute Gasteiger partial charge is 0.294 e. The predicted molar refractivity (Wildman–Crippen MR) is 82.9 cm³/mol.